The highest BCUT2D eigenvalue weighted by Gasteiger charge is 2.20. The fourth-order valence-electron chi connectivity index (χ4n) is 3.54. The third-order valence-corrected chi connectivity index (χ3v) is 5.61. The van der Waals surface area contributed by atoms with E-state index < -0.39 is 5.56 Å². The Hall–Kier alpha value is -2.61. The Bertz CT molecular complexity index is 1080. The standard InChI is InChI=1S/C21H21Cl2N5O2/c22-17-3-1-2-15(12-17)13-28-7-6-16(20(29)21(28)30)14-26-8-10-27(11-9-26)19-5-4-18(23)24-25-19/h1-7,12,29H,8-11,13-14H2. The second kappa shape index (κ2) is 9.04. The molecule has 9 heteroatoms. The molecule has 2 aromatic heterocycles. The summed E-state index contributed by atoms with van der Waals surface area (Å²) in [7, 11) is 0. The van der Waals surface area contributed by atoms with Crippen molar-refractivity contribution in [1.29, 1.82) is 0 Å². The van der Waals surface area contributed by atoms with Crippen molar-refractivity contribution in [3.63, 3.8) is 0 Å². The van der Waals surface area contributed by atoms with Crippen LogP contribution in [-0.2, 0) is 13.1 Å². The van der Waals surface area contributed by atoms with Gasteiger partial charge in [-0.15, -0.1) is 10.2 Å². The first-order chi connectivity index (χ1) is 14.5. The van der Waals surface area contributed by atoms with Crippen molar-refractivity contribution < 1.29 is 5.11 Å². The van der Waals surface area contributed by atoms with Gasteiger partial charge in [0.2, 0.25) is 0 Å². The van der Waals surface area contributed by atoms with Crippen LogP contribution in [-0.4, -0.2) is 50.9 Å². The van der Waals surface area contributed by atoms with E-state index in [4.69, 9.17) is 23.2 Å². The summed E-state index contributed by atoms with van der Waals surface area (Å²) in [6, 6.07) is 12.7. The van der Waals surface area contributed by atoms with Crippen LogP contribution in [0.25, 0.3) is 0 Å². The molecule has 0 bridgehead atoms. The van der Waals surface area contributed by atoms with Gasteiger partial charge in [-0.1, -0.05) is 35.3 Å². The number of benzene rings is 1. The van der Waals surface area contributed by atoms with Crippen molar-refractivity contribution in [1.82, 2.24) is 19.7 Å². The molecule has 156 valence electrons. The Balaban J connectivity index is 1.40. The van der Waals surface area contributed by atoms with Crippen molar-refractivity contribution in [2.45, 2.75) is 13.1 Å². The number of piperazine rings is 1. The Morgan fingerprint density at radius 3 is 2.47 bits per heavy atom. The van der Waals surface area contributed by atoms with Gasteiger partial charge in [0.05, 0.1) is 6.54 Å². The first-order valence-corrected chi connectivity index (χ1v) is 10.4. The second-order valence-corrected chi connectivity index (χ2v) is 8.05. The molecule has 3 heterocycles. The fourth-order valence-corrected chi connectivity index (χ4v) is 3.85. The molecule has 0 unspecified atom stereocenters. The lowest BCUT2D eigenvalue weighted by Crippen LogP contribution is -2.46. The van der Waals surface area contributed by atoms with E-state index in [0.29, 0.717) is 28.8 Å². The number of halogens is 2. The molecule has 0 spiro atoms. The van der Waals surface area contributed by atoms with Crippen LogP contribution in [0, 0.1) is 0 Å². The van der Waals surface area contributed by atoms with Crippen molar-refractivity contribution >= 4 is 29.0 Å². The van der Waals surface area contributed by atoms with Gasteiger partial charge in [0, 0.05) is 49.5 Å². The van der Waals surface area contributed by atoms with E-state index in [1.807, 2.05) is 24.3 Å². The van der Waals surface area contributed by atoms with Gasteiger partial charge in [-0.05, 0) is 35.9 Å². The van der Waals surface area contributed by atoms with Crippen LogP contribution in [0.15, 0.2) is 53.5 Å². The Labute approximate surface area is 184 Å². The molecule has 3 aromatic rings. The Morgan fingerprint density at radius 1 is 0.967 bits per heavy atom. The summed E-state index contributed by atoms with van der Waals surface area (Å²) in [4.78, 5) is 17.0. The van der Waals surface area contributed by atoms with Gasteiger partial charge in [0.1, 0.15) is 0 Å². The molecule has 4 rings (SSSR count). The molecular formula is C21H21Cl2N5O2. The van der Waals surface area contributed by atoms with Gasteiger partial charge in [-0.3, -0.25) is 9.69 Å². The highest BCUT2D eigenvalue weighted by molar-refractivity contribution is 6.30. The zero-order valence-electron chi connectivity index (χ0n) is 16.2. The molecule has 1 aliphatic rings. The molecule has 1 aromatic carbocycles. The van der Waals surface area contributed by atoms with Crippen LogP contribution in [0.4, 0.5) is 5.82 Å². The molecule has 0 saturated carbocycles. The summed E-state index contributed by atoms with van der Waals surface area (Å²) in [6.07, 6.45) is 1.72. The highest BCUT2D eigenvalue weighted by Crippen LogP contribution is 2.19. The average molecular weight is 446 g/mol. The summed E-state index contributed by atoms with van der Waals surface area (Å²) in [6.45, 7) is 4.00. The maximum absolute atomic E-state index is 12.6. The van der Waals surface area contributed by atoms with Crippen molar-refractivity contribution in [2.24, 2.45) is 0 Å². The number of hydrogen-bond acceptors (Lipinski definition) is 6. The van der Waals surface area contributed by atoms with Crippen LogP contribution in [0.2, 0.25) is 10.2 Å². The van der Waals surface area contributed by atoms with E-state index in [2.05, 4.69) is 20.0 Å². The maximum atomic E-state index is 12.6. The average Bonchev–Trinajstić information content (AvgIpc) is 2.75. The minimum atomic E-state index is -0.400. The van der Waals surface area contributed by atoms with Crippen LogP contribution >= 0.6 is 23.2 Å². The maximum Gasteiger partial charge on any atom is 0.293 e. The normalized spacial score (nSPS) is 14.8. The van der Waals surface area contributed by atoms with Gasteiger partial charge in [-0.25, -0.2) is 0 Å². The lowest BCUT2D eigenvalue weighted by molar-refractivity contribution is 0.245. The number of hydrogen-bond donors (Lipinski definition) is 1. The van der Waals surface area contributed by atoms with Crippen molar-refractivity contribution in [3.8, 4) is 5.75 Å². The largest absolute Gasteiger partial charge is 0.503 e. The van der Waals surface area contributed by atoms with Crippen LogP contribution in [0.1, 0.15) is 11.1 Å². The number of aromatic hydroxyl groups is 1. The molecule has 1 aliphatic heterocycles. The topological polar surface area (TPSA) is 74.5 Å². The van der Waals surface area contributed by atoms with Gasteiger partial charge < -0.3 is 14.6 Å². The molecule has 1 fully saturated rings. The minimum Gasteiger partial charge on any atom is -0.503 e. The molecule has 0 atom stereocenters. The molecule has 1 N–H and O–H groups in total. The summed E-state index contributed by atoms with van der Waals surface area (Å²) >= 11 is 11.8. The fraction of sp³-hybridized carbons (Fsp3) is 0.286. The number of aromatic nitrogens is 3. The summed E-state index contributed by atoms with van der Waals surface area (Å²) < 4.78 is 1.49. The molecule has 0 amide bonds. The Kier molecular flexibility index (Phi) is 6.22. The predicted octanol–water partition coefficient (Wildman–Crippen LogP) is 3.02. The smallest absolute Gasteiger partial charge is 0.293 e. The predicted molar refractivity (Wildman–Crippen MR) is 117 cm³/mol. The van der Waals surface area contributed by atoms with E-state index >= 15 is 0 Å². The third kappa shape index (κ3) is 4.75. The number of pyridine rings is 1. The lowest BCUT2D eigenvalue weighted by atomic mass is 10.2. The number of rotatable bonds is 5. The number of anilines is 1. The van der Waals surface area contributed by atoms with Gasteiger partial charge in [0.25, 0.3) is 5.56 Å². The van der Waals surface area contributed by atoms with Crippen molar-refractivity contribution in [2.75, 3.05) is 31.1 Å². The SMILES string of the molecule is O=c1c(O)c(CN2CCN(c3ccc(Cl)nn3)CC2)ccn1Cc1cccc(Cl)c1. The quantitative estimate of drug-likeness (QED) is 0.650. The van der Waals surface area contributed by atoms with Gasteiger partial charge in [-0.2, -0.15) is 0 Å². The zero-order chi connectivity index (χ0) is 21.1. The van der Waals surface area contributed by atoms with E-state index in [1.54, 1.807) is 24.4 Å². The minimum absolute atomic E-state index is 0.203. The molecule has 30 heavy (non-hydrogen) atoms. The Morgan fingerprint density at radius 2 is 1.77 bits per heavy atom. The monoisotopic (exact) mass is 445 g/mol. The van der Waals surface area contributed by atoms with Crippen molar-refractivity contribution in [3.05, 3.63) is 80.3 Å². The van der Waals surface area contributed by atoms with Gasteiger partial charge in [0.15, 0.2) is 16.7 Å². The van der Waals surface area contributed by atoms with Crippen LogP contribution in [0.3, 0.4) is 0 Å². The molecule has 1 saturated heterocycles. The van der Waals surface area contributed by atoms with E-state index in [-0.39, 0.29) is 5.75 Å². The lowest BCUT2D eigenvalue weighted by Gasteiger charge is -2.35. The van der Waals surface area contributed by atoms with Gasteiger partial charge >= 0.3 is 0 Å². The third-order valence-electron chi connectivity index (χ3n) is 5.17. The molecule has 7 nitrogen and oxygen atoms in total. The summed E-state index contributed by atoms with van der Waals surface area (Å²) in [5.74, 6) is 0.594. The van der Waals surface area contributed by atoms with Crippen LogP contribution in [0.5, 0.6) is 5.75 Å². The van der Waals surface area contributed by atoms with E-state index in [1.165, 1.54) is 4.57 Å². The molecule has 0 radical (unpaired) electrons. The summed E-state index contributed by atoms with van der Waals surface area (Å²) in [5.41, 5.74) is 1.13. The molecular weight excluding hydrogens is 425 g/mol. The molecule has 0 aliphatic carbocycles. The summed E-state index contributed by atoms with van der Waals surface area (Å²) in [5, 5.41) is 19.5. The highest BCUT2D eigenvalue weighted by atomic mass is 35.5. The van der Waals surface area contributed by atoms with E-state index in [9.17, 15) is 9.90 Å². The first-order valence-electron chi connectivity index (χ1n) is 9.62. The first kappa shape index (κ1) is 20.7. The van der Waals surface area contributed by atoms with Crippen LogP contribution < -0.4 is 10.5 Å². The second-order valence-electron chi connectivity index (χ2n) is 7.23. The number of nitrogens with zero attached hydrogens (tertiary/aromatic N) is 5. The zero-order valence-corrected chi connectivity index (χ0v) is 17.7. The van der Waals surface area contributed by atoms with E-state index in [0.717, 1.165) is 37.6 Å².